The molecule has 0 N–H and O–H groups in total. The Labute approximate surface area is 105 Å². The van der Waals surface area contributed by atoms with Crippen LogP contribution in [0.4, 0.5) is 0 Å². The highest BCUT2D eigenvalue weighted by molar-refractivity contribution is 6.18. The van der Waals surface area contributed by atoms with E-state index in [9.17, 15) is 4.79 Å². The van der Waals surface area contributed by atoms with Gasteiger partial charge in [0.25, 0.3) is 0 Å². The van der Waals surface area contributed by atoms with Crippen LogP contribution in [-0.2, 0) is 10.6 Å². The van der Waals surface area contributed by atoms with E-state index in [4.69, 9.17) is 16.3 Å². The third-order valence-corrected chi connectivity index (χ3v) is 2.94. The maximum Gasteiger partial charge on any atom is 0.338 e. The summed E-state index contributed by atoms with van der Waals surface area (Å²) < 4.78 is 5.04. The summed E-state index contributed by atoms with van der Waals surface area (Å²) in [5.41, 5.74) is 1.62. The van der Waals surface area contributed by atoms with Crippen molar-refractivity contribution in [3.8, 4) is 0 Å². The van der Waals surface area contributed by atoms with E-state index in [0.29, 0.717) is 18.1 Å². The molecule has 0 aliphatic heterocycles. The number of hydrogen-bond donors (Lipinski definition) is 0. The van der Waals surface area contributed by atoms with Crippen molar-refractivity contribution in [3.63, 3.8) is 0 Å². The Bertz CT molecular complexity index is 549. The van der Waals surface area contributed by atoms with Crippen molar-refractivity contribution in [2.45, 2.75) is 12.8 Å². The van der Waals surface area contributed by atoms with Crippen LogP contribution in [0.1, 0.15) is 22.8 Å². The number of fused-ring (bicyclic) bond motifs is 1. The van der Waals surface area contributed by atoms with Crippen LogP contribution in [0.2, 0.25) is 0 Å². The Morgan fingerprint density at radius 2 is 1.88 bits per heavy atom. The number of carbonyl (C=O) groups is 1. The van der Waals surface area contributed by atoms with E-state index in [-0.39, 0.29) is 5.97 Å². The lowest BCUT2D eigenvalue weighted by Gasteiger charge is -2.08. The Kier molecular flexibility index (Phi) is 3.64. The monoisotopic (exact) mass is 248 g/mol. The molecule has 2 aromatic rings. The number of ether oxygens (including phenoxy) is 1. The molecule has 3 heteroatoms. The second-order valence-corrected chi connectivity index (χ2v) is 3.94. The first-order valence-electron chi connectivity index (χ1n) is 5.51. The van der Waals surface area contributed by atoms with Gasteiger partial charge in [-0.05, 0) is 29.3 Å². The van der Waals surface area contributed by atoms with Crippen molar-refractivity contribution >= 4 is 28.3 Å². The number of alkyl halides is 1. The smallest absolute Gasteiger partial charge is 0.338 e. The minimum Gasteiger partial charge on any atom is -0.462 e. The predicted octanol–water partition coefficient (Wildman–Crippen LogP) is 3.76. The van der Waals surface area contributed by atoms with E-state index in [1.54, 1.807) is 13.0 Å². The number of benzene rings is 2. The fourth-order valence-electron chi connectivity index (χ4n) is 1.88. The van der Waals surface area contributed by atoms with Gasteiger partial charge in [-0.15, -0.1) is 11.6 Å². The molecule has 0 spiro atoms. The lowest BCUT2D eigenvalue weighted by atomic mass is 10.0. The summed E-state index contributed by atoms with van der Waals surface area (Å²) in [6.07, 6.45) is 0. The SMILES string of the molecule is CCOC(=O)c1cccc2c(CCl)cccc12. The van der Waals surface area contributed by atoms with E-state index in [1.807, 2.05) is 30.3 Å². The van der Waals surface area contributed by atoms with Crippen LogP contribution in [0, 0.1) is 0 Å². The molecule has 0 bridgehead atoms. The first-order valence-corrected chi connectivity index (χ1v) is 6.05. The molecule has 2 aromatic carbocycles. The number of halogens is 1. The quantitative estimate of drug-likeness (QED) is 0.611. The minimum absolute atomic E-state index is 0.287. The van der Waals surface area contributed by atoms with Gasteiger partial charge in [0, 0.05) is 5.88 Å². The average Bonchev–Trinajstić information content (AvgIpc) is 2.37. The van der Waals surface area contributed by atoms with Gasteiger partial charge < -0.3 is 4.74 Å². The van der Waals surface area contributed by atoms with Crippen molar-refractivity contribution in [2.75, 3.05) is 6.61 Å². The van der Waals surface area contributed by atoms with Crippen molar-refractivity contribution in [3.05, 3.63) is 47.5 Å². The highest BCUT2D eigenvalue weighted by atomic mass is 35.5. The molecule has 0 radical (unpaired) electrons. The maximum atomic E-state index is 11.8. The molecule has 0 saturated carbocycles. The maximum absolute atomic E-state index is 11.8. The molecule has 0 atom stereocenters. The fraction of sp³-hybridized carbons (Fsp3) is 0.214. The summed E-state index contributed by atoms with van der Waals surface area (Å²) in [5, 5.41) is 1.90. The summed E-state index contributed by atoms with van der Waals surface area (Å²) in [4.78, 5) is 11.8. The zero-order valence-corrected chi connectivity index (χ0v) is 10.3. The molecule has 2 nitrogen and oxygen atoms in total. The number of esters is 1. The van der Waals surface area contributed by atoms with Crippen LogP contribution in [0.5, 0.6) is 0 Å². The normalized spacial score (nSPS) is 10.5. The van der Waals surface area contributed by atoms with E-state index in [2.05, 4.69) is 0 Å². The van der Waals surface area contributed by atoms with Gasteiger partial charge in [0.2, 0.25) is 0 Å². The van der Waals surface area contributed by atoms with E-state index in [1.165, 1.54) is 0 Å². The molecule has 0 amide bonds. The average molecular weight is 249 g/mol. The van der Waals surface area contributed by atoms with Gasteiger partial charge in [-0.25, -0.2) is 4.79 Å². The second kappa shape index (κ2) is 5.19. The number of carbonyl (C=O) groups excluding carboxylic acids is 1. The molecule has 0 unspecified atom stereocenters. The Morgan fingerprint density at radius 3 is 2.59 bits per heavy atom. The van der Waals surface area contributed by atoms with Crippen LogP contribution in [0.25, 0.3) is 10.8 Å². The van der Waals surface area contributed by atoms with Crippen LogP contribution in [0.15, 0.2) is 36.4 Å². The fourth-order valence-corrected chi connectivity index (χ4v) is 2.11. The Morgan fingerprint density at radius 1 is 1.18 bits per heavy atom. The molecule has 0 heterocycles. The van der Waals surface area contributed by atoms with Crippen LogP contribution < -0.4 is 0 Å². The first kappa shape index (κ1) is 11.9. The van der Waals surface area contributed by atoms with Crippen LogP contribution >= 0.6 is 11.6 Å². The zero-order valence-electron chi connectivity index (χ0n) is 9.57. The van der Waals surface area contributed by atoms with Gasteiger partial charge in [-0.1, -0.05) is 30.3 Å². The van der Waals surface area contributed by atoms with Crippen LogP contribution in [0.3, 0.4) is 0 Å². The van der Waals surface area contributed by atoms with E-state index in [0.717, 1.165) is 16.3 Å². The summed E-state index contributed by atoms with van der Waals surface area (Å²) in [7, 11) is 0. The molecule has 2 rings (SSSR count). The Hall–Kier alpha value is -1.54. The van der Waals surface area contributed by atoms with Gasteiger partial charge in [0.15, 0.2) is 0 Å². The third kappa shape index (κ3) is 2.27. The molecule has 0 aromatic heterocycles. The molecular weight excluding hydrogens is 236 g/mol. The van der Waals surface area contributed by atoms with Crippen molar-refractivity contribution in [2.24, 2.45) is 0 Å². The summed E-state index contributed by atoms with van der Waals surface area (Å²) in [6, 6.07) is 11.4. The molecule has 0 aliphatic rings. The minimum atomic E-state index is -0.287. The van der Waals surface area contributed by atoms with Crippen molar-refractivity contribution < 1.29 is 9.53 Å². The van der Waals surface area contributed by atoms with Crippen molar-refractivity contribution in [1.29, 1.82) is 0 Å². The van der Waals surface area contributed by atoms with Gasteiger partial charge in [-0.3, -0.25) is 0 Å². The lowest BCUT2D eigenvalue weighted by molar-refractivity contribution is 0.0528. The highest BCUT2D eigenvalue weighted by Gasteiger charge is 2.11. The predicted molar refractivity (Wildman–Crippen MR) is 69.5 cm³/mol. The van der Waals surface area contributed by atoms with Crippen LogP contribution in [-0.4, -0.2) is 12.6 Å². The van der Waals surface area contributed by atoms with Gasteiger partial charge in [0.1, 0.15) is 0 Å². The van der Waals surface area contributed by atoms with Gasteiger partial charge >= 0.3 is 5.97 Å². The molecule has 88 valence electrons. The molecular formula is C14H13ClO2. The zero-order chi connectivity index (χ0) is 12.3. The first-order chi connectivity index (χ1) is 8.27. The largest absolute Gasteiger partial charge is 0.462 e. The van der Waals surface area contributed by atoms with Gasteiger partial charge in [0.05, 0.1) is 12.2 Å². The number of rotatable bonds is 3. The molecule has 0 fully saturated rings. The third-order valence-electron chi connectivity index (χ3n) is 2.65. The highest BCUT2D eigenvalue weighted by Crippen LogP contribution is 2.24. The summed E-state index contributed by atoms with van der Waals surface area (Å²) in [6.45, 7) is 2.18. The number of hydrogen-bond acceptors (Lipinski definition) is 2. The summed E-state index contributed by atoms with van der Waals surface area (Å²) in [5.74, 6) is 0.147. The van der Waals surface area contributed by atoms with Gasteiger partial charge in [-0.2, -0.15) is 0 Å². The standard InChI is InChI=1S/C14H13ClO2/c1-2-17-14(16)13-8-4-6-11-10(9-15)5-3-7-12(11)13/h3-8H,2,9H2,1H3. The second-order valence-electron chi connectivity index (χ2n) is 3.67. The summed E-state index contributed by atoms with van der Waals surface area (Å²) >= 11 is 5.88. The van der Waals surface area contributed by atoms with E-state index >= 15 is 0 Å². The molecule has 0 aliphatic carbocycles. The molecule has 0 saturated heterocycles. The van der Waals surface area contributed by atoms with Crippen molar-refractivity contribution in [1.82, 2.24) is 0 Å². The molecule has 17 heavy (non-hydrogen) atoms. The lowest BCUT2D eigenvalue weighted by Crippen LogP contribution is -2.05. The topological polar surface area (TPSA) is 26.3 Å². The Balaban J connectivity index is 2.62. The van der Waals surface area contributed by atoms with E-state index < -0.39 is 0 Å².